The monoisotopic (exact) mass is 385 g/mol. The van der Waals surface area contributed by atoms with Gasteiger partial charge in [0.05, 0.1) is 23.6 Å². The maximum atomic E-state index is 12.5. The van der Waals surface area contributed by atoms with Crippen molar-refractivity contribution in [3.8, 4) is 5.69 Å². The van der Waals surface area contributed by atoms with Crippen molar-refractivity contribution in [1.29, 1.82) is 0 Å². The molecule has 1 N–H and O–H groups in total. The molecule has 0 atom stereocenters. The molecule has 1 aromatic heterocycles. The fraction of sp³-hybridized carbons (Fsp3) is 0.158. The predicted octanol–water partition coefficient (Wildman–Crippen LogP) is 2.53. The molecule has 1 heterocycles. The number of esters is 1. The molecule has 0 aliphatic heterocycles. The van der Waals surface area contributed by atoms with Gasteiger partial charge in [-0.1, -0.05) is 18.2 Å². The first-order chi connectivity index (χ1) is 13.0. The summed E-state index contributed by atoms with van der Waals surface area (Å²) in [6, 6.07) is 15.1. The molecule has 0 amide bonds. The van der Waals surface area contributed by atoms with Crippen molar-refractivity contribution in [3.05, 3.63) is 78.4 Å². The average molecular weight is 385 g/mol. The van der Waals surface area contributed by atoms with Crippen LogP contribution in [0, 0.1) is 0 Å². The summed E-state index contributed by atoms with van der Waals surface area (Å²) >= 11 is 0. The van der Waals surface area contributed by atoms with Gasteiger partial charge in [-0.25, -0.2) is 22.9 Å². The summed E-state index contributed by atoms with van der Waals surface area (Å²) in [5, 5.41) is 0. The van der Waals surface area contributed by atoms with Gasteiger partial charge in [-0.3, -0.25) is 0 Å². The van der Waals surface area contributed by atoms with Crippen molar-refractivity contribution in [1.82, 2.24) is 14.3 Å². The molecule has 0 bridgehead atoms. The number of hydrogen-bond donors (Lipinski definition) is 1. The maximum Gasteiger partial charge on any atom is 0.338 e. The number of aromatic nitrogens is 2. The van der Waals surface area contributed by atoms with Crippen LogP contribution in [0.1, 0.15) is 23.1 Å². The lowest BCUT2D eigenvalue weighted by atomic mass is 10.2. The van der Waals surface area contributed by atoms with Gasteiger partial charge in [0.1, 0.15) is 5.82 Å². The fourth-order valence-corrected chi connectivity index (χ4v) is 3.50. The van der Waals surface area contributed by atoms with E-state index in [0.717, 1.165) is 5.69 Å². The molecule has 27 heavy (non-hydrogen) atoms. The summed E-state index contributed by atoms with van der Waals surface area (Å²) in [7, 11) is -3.75. The molecule has 0 aliphatic carbocycles. The Morgan fingerprint density at radius 1 is 1.11 bits per heavy atom. The summed E-state index contributed by atoms with van der Waals surface area (Å²) < 4.78 is 34.3. The first-order valence-corrected chi connectivity index (χ1v) is 9.84. The van der Waals surface area contributed by atoms with Gasteiger partial charge < -0.3 is 9.30 Å². The van der Waals surface area contributed by atoms with Gasteiger partial charge in [0.15, 0.2) is 0 Å². The highest BCUT2D eigenvalue weighted by molar-refractivity contribution is 7.89. The molecule has 3 aromatic rings. The van der Waals surface area contributed by atoms with Crippen molar-refractivity contribution in [2.75, 3.05) is 6.61 Å². The van der Waals surface area contributed by atoms with Crippen molar-refractivity contribution >= 4 is 16.0 Å². The van der Waals surface area contributed by atoms with E-state index in [0.29, 0.717) is 11.4 Å². The van der Waals surface area contributed by atoms with Crippen LogP contribution in [0.5, 0.6) is 0 Å². The number of rotatable bonds is 7. The lowest BCUT2D eigenvalue weighted by molar-refractivity contribution is 0.0526. The fourth-order valence-electron chi connectivity index (χ4n) is 2.52. The average Bonchev–Trinajstić information content (AvgIpc) is 3.16. The molecular weight excluding hydrogens is 366 g/mol. The van der Waals surface area contributed by atoms with Gasteiger partial charge in [-0.15, -0.1) is 0 Å². The lowest BCUT2D eigenvalue weighted by Crippen LogP contribution is -2.25. The summed E-state index contributed by atoms with van der Waals surface area (Å²) in [5.74, 6) is 0.0761. The van der Waals surface area contributed by atoms with Crippen molar-refractivity contribution in [2.24, 2.45) is 0 Å². The number of para-hydroxylation sites is 1. The predicted molar refractivity (Wildman–Crippen MR) is 100.0 cm³/mol. The molecule has 0 spiro atoms. The molecule has 0 radical (unpaired) electrons. The number of nitrogens with zero attached hydrogens (tertiary/aromatic N) is 2. The summed E-state index contributed by atoms with van der Waals surface area (Å²) in [5.41, 5.74) is 1.19. The highest BCUT2D eigenvalue weighted by Crippen LogP contribution is 2.14. The Bertz CT molecular complexity index is 1010. The van der Waals surface area contributed by atoms with Gasteiger partial charge in [-0.2, -0.15) is 0 Å². The highest BCUT2D eigenvalue weighted by Gasteiger charge is 2.16. The van der Waals surface area contributed by atoms with E-state index in [9.17, 15) is 13.2 Å². The number of nitrogens with one attached hydrogen (secondary N) is 1. The summed E-state index contributed by atoms with van der Waals surface area (Å²) in [6.07, 6.45) is 3.39. The van der Waals surface area contributed by atoms with E-state index in [1.807, 2.05) is 34.9 Å². The van der Waals surface area contributed by atoms with Crippen molar-refractivity contribution < 1.29 is 17.9 Å². The molecule has 7 nitrogen and oxygen atoms in total. The largest absolute Gasteiger partial charge is 0.462 e. The molecular formula is C19H19N3O4S. The van der Waals surface area contributed by atoms with E-state index in [1.165, 1.54) is 24.3 Å². The van der Waals surface area contributed by atoms with Crippen LogP contribution < -0.4 is 4.72 Å². The Kier molecular flexibility index (Phi) is 5.68. The number of sulfonamides is 1. The van der Waals surface area contributed by atoms with Crippen LogP contribution in [0.2, 0.25) is 0 Å². The number of imidazole rings is 1. The van der Waals surface area contributed by atoms with Crippen LogP contribution >= 0.6 is 0 Å². The van der Waals surface area contributed by atoms with Crippen LogP contribution in [-0.4, -0.2) is 30.5 Å². The quantitative estimate of drug-likeness (QED) is 0.631. The molecule has 0 unspecified atom stereocenters. The molecule has 3 rings (SSSR count). The normalized spacial score (nSPS) is 11.3. The van der Waals surface area contributed by atoms with Crippen LogP contribution in [0.3, 0.4) is 0 Å². The van der Waals surface area contributed by atoms with E-state index in [1.54, 1.807) is 19.3 Å². The van der Waals surface area contributed by atoms with E-state index in [-0.39, 0.29) is 18.0 Å². The third kappa shape index (κ3) is 4.42. The third-order valence-electron chi connectivity index (χ3n) is 3.85. The molecule has 8 heteroatoms. The van der Waals surface area contributed by atoms with Gasteiger partial charge >= 0.3 is 5.97 Å². The molecule has 140 valence electrons. The standard InChI is InChI=1S/C19H19N3O4S/c1-2-26-19(23)15-8-10-17(11-9-15)27(24,25)21-14-18-20-12-13-22(18)16-6-4-3-5-7-16/h3-13,21H,2,14H2,1H3. The number of benzene rings is 2. The number of ether oxygens (including phenoxy) is 1. The van der Waals surface area contributed by atoms with Gasteiger partial charge in [0, 0.05) is 18.1 Å². The molecule has 0 aliphatic rings. The minimum Gasteiger partial charge on any atom is -0.462 e. The number of carbonyl (C=O) groups excluding carboxylic acids is 1. The number of hydrogen-bond acceptors (Lipinski definition) is 5. The molecule has 0 fully saturated rings. The topological polar surface area (TPSA) is 90.3 Å². The zero-order valence-corrected chi connectivity index (χ0v) is 15.5. The van der Waals surface area contributed by atoms with Gasteiger partial charge in [-0.05, 0) is 43.3 Å². The van der Waals surface area contributed by atoms with E-state index < -0.39 is 16.0 Å². The van der Waals surface area contributed by atoms with Crippen LogP contribution in [0.4, 0.5) is 0 Å². The van der Waals surface area contributed by atoms with Crippen LogP contribution in [0.25, 0.3) is 5.69 Å². The second kappa shape index (κ2) is 8.15. The Hall–Kier alpha value is -2.97. The summed E-state index contributed by atoms with van der Waals surface area (Å²) in [6.45, 7) is 2.00. The molecule has 0 saturated heterocycles. The minimum atomic E-state index is -3.75. The first kappa shape index (κ1) is 18.8. The summed E-state index contributed by atoms with van der Waals surface area (Å²) in [4.78, 5) is 15.9. The molecule has 2 aromatic carbocycles. The zero-order chi connectivity index (χ0) is 19.3. The second-order valence-electron chi connectivity index (χ2n) is 5.62. The van der Waals surface area contributed by atoms with E-state index in [2.05, 4.69) is 9.71 Å². The number of carbonyl (C=O) groups is 1. The SMILES string of the molecule is CCOC(=O)c1ccc(S(=O)(=O)NCc2nccn2-c2ccccc2)cc1. The smallest absolute Gasteiger partial charge is 0.338 e. The molecule has 0 saturated carbocycles. The second-order valence-corrected chi connectivity index (χ2v) is 7.39. The maximum absolute atomic E-state index is 12.5. The third-order valence-corrected chi connectivity index (χ3v) is 5.26. The first-order valence-electron chi connectivity index (χ1n) is 8.36. The van der Waals surface area contributed by atoms with E-state index in [4.69, 9.17) is 4.74 Å². The Morgan fingerprint density at radius 3 is 2.48 bits per heavy atom. The Morgan fingerprint density at radius 2 is 1.81 bits per heavy atom. The Balaban J connectivity index is 1.73. The van der Waals surface area contributed by atoms with Gasteiger partial charge in [0.2, 0.25) is 10.0 Å². The van der Waals surface area contributed by atoms with Crippen molar-refractivity contribution in [2.45, 2.75) is 18.4 Å². The highest BCUT2D eigenvalue weighted by atomic mass is 32.2. The van der Waals surface area contributed by atoms with Crippen LogP contribution in [0.15, 0.2) is 71.9 Å². The van der Waals surface area contributed by atoms with Crippen molar-refractivity contribution in [3.63, 3.8) is 0 Å². The van der Waals surface area contributed by atoms with Gasteiger partial charge in [0.25, 0.3) is 0 Å². The zero-order valence-electron chi connectivity index (χ0n) is 14.7. The minimum absolute atomic E-state index is 0.0316. The van der Waals surface area contributed by atoms with E-state index >= 15 is 0 Å². The lowest BCUT2D eigenvalue weighted by Gasteiger charge is -2.10. The Labute approximate surface area is 157 Å². The van der Waals surface area contributed by atoms with Crippen LogP contribution in [-0.2, 0) is 21.3 Å².